The fourth-order valence-electron chi connectivity index (χ4n) is 2.77. The molecule has 0 bridgehead atoms. The van der Waals surface area contributed by atoms with Crippen molar-refractivity contribution in [2.45, 2.75) is 40.0 Å². The zero-order valence-corrected chi connectivity index (χ0v) is 10.3. The van der Waals surface area contributed by atoms with E-state index in [0.717, 1.165) is 19.4 Å². The Kier molecular flexibility index (Phi) is 2.49. The molecular formula is C13H20N2O. The Balaban J connectivity index is 1.82. The average molecular weight is 220 g/mol. The lowest BCUT2D eigenvalue weighted by Crippen LogP contribution is -2.48. The van der Waals surface area contributed by atoms with Gasteiger partial charge in [0, 0.05) is 6.54 Å². The van der Waals surface area contributed by atoms with Crippen molar-refractivity contribution in [2.75, 3.05) is 6.54 Å². The van der Waals surface area contributed by atoms with Gasteiger partial charge >= 0.3 is 0 Å². The van der Waals surface area contributed by atoms with Crippen molar-refractivity contribution in [1.82, 2.24) is 5.32 Å². The summed E-state index contributed by atoms with van der Waals surface area (Å²) in [5, 5.41) is 12.1. The van der Waals surface area contributed by atoms with Gasteiger partial charge in [-0.2, -0.15) is 5.26 Å². The van der Waals surface area contributed by atoms with Crippen LogP contribution in [0.4, 0.5) is 0 Å². The Bertz CT molecular complexity index is 347. The van der Waals surface area contributed by atoms with Crippen molar-refractivity contribution in [3.05, 3.63) is 0 Å². The van der Waals surface area contributed by atoms with Crippen LogP contribution < -0.4 is 5.32 Å². The summed E-state index contributed by atoms with van der Waals surface area (Å²) in [6, 6.07) is 2.20. The Labute approximate surface area is 97.2 Å². The van der Waals surface area contributed by atoms with Crippen molar-refractivity contribution in [2.24, 2.45) is 22.7 Å². The molecule has 1 N–H and O–H groups in total. The van der Waals surface area contributed by atoms with Crippen molar-refractivity contribution in [3.8, 4) is 6.07 Å². The number of carbonyl (C=O) groups is 1. The molecule has 2 saturated carbocycles. The van der Waals surface area contributed by atoms with E-state index in [0.29, 0.717) is 17.3 Å². The molecule has 3 nitrogen and oxygen atoms in total. The predicted octanol–water partition coefficient (Wildman–Crippen LogP) is 2.09. The van der Waals surface area contributed by atoms with Crippen molar-refractivity contribution < 1.29 is 4.79 Å². The first-order valence-corrected chi connectivity index (χ1v) is 6.09. The van der Waals surface area contributed by atoms with E-state index in [9.17, 15) is 4.79 Å². The zero-order valence-electron chi connectivity index (χ0n) is 10.3. The molecule has 0 radical (unpaired) electrons. The van der Waals surface area contributed by atoms with Gasteiger partial charge in [-0.3, -0.25) is 4.79 Å². The topological polar surface area (TPSA) is 52.9 Å². The Hall–Kier alpha value is -1.04. The second-order valence-corrected chi connectivity index (χ2v) is 6.31. The molecule has 0 aromatic rings. The maximum Gasteiger partial charge on any atom is 0.240 e. The lowest BCUT2D eigenvalue weighted by Gasteiger charge is -2.39. The van der Waals surface area contributed by atoms with E-state index in [4.69, 9.17) is 5.26 Å². The third-order valence-electron chi connectivity index (χ3n) is 4.27. The highest BCUT2D eigenvalue weighted by atomic mass is 16.2. The van der Waals surface area contributed by atoms with Gasteiger partial charge in [0.1, 0.15) is 5.41 Å². The summed E-state index contributed by atoms with van der Waals surface area (Å²) in [4.78, 5) is 11.9. The van der Waals surface area contributed by atoms with E-state index in [1.165, 1.54) is 6.42 Å². The monoisotopic (exact) mass is 220 g/mol. The Morgan fingerprint density at radius 1 is 1.44 bits per heavy atom. The largest absolute Gasteiger partial charge is 0.354 e. The molecule has 1 amide bonds. The average Bonchev–Trinajstić information content (AvgIpc) is 2.77. The molecule has 2 fully saturated rings. The lowest BCUT2D eigenvalue weighted by molar-refractivity contribution is -0.134. The van der Waals surface area contributed by atoms with Gasteiger partial charge in [-0.25, -0.2) is 0 Å². The fraction of sp³-hybridized carbons (Fsp3) is 0.846. The van der Waals surface area contributed by atoms with Crippen LogP contribution in [0.5, 0.6) is 0 Å². The van der Waals surface area contributed by atoms with Gasteiger partial charge in [0.2, 0.25) is 5.91 Å². The number of nitrogens with zero attached hydrogens (tertiary/aromatic N) is 1. The van der Waals surface area contributed by atoms with Crippen LogP contribution in [0.15, 0.2) is 0 Å². The number of carbonyl (C=O) groups excluding carboxylic acids is 1. The molecule has 0 aromatic heterocycles. The zero-order chi connectivity index (χ0) is 12.0. The third kappa shape index (κ3) is 1.81. The van der Waals surface area contributed by atoms with Crippen molar-refractivity contribution in [1.29, 1.82) is 5.26 Å². The standard InChI is InChI=1S/C13H20N2O/c1-9-4-13(5-9,8-14)11(16)15-7-10-6-12(10,2)3/h9-10H,4-7H2,1-3H3,(H,15,16). The minimum absolute atomic E-state index is 0.0456. The molecule has 2 aliphatic rings. The first-order chi connectivity index (χ1) is 7.39. The normalized spacial score (nSPS) is 39.4. The molecule has 0 spiro atoms. The predicted molar refractivity (Wildman–Crippen MR) is 61.3 cm³/mol. The summed E-state index contributed by atoms with van der Waals surface area (Å²) in [6.07, 6.45) is 2.63. The smallest absolute Gasteiger partial charge is 0.240 e. The first-order valence-electron chi connectivity index (χ1n) is 6.09. The summed E-state index contributed by atoms with van der Waals surface area (Å²) < 4.78 is 0. The highest BCUT2D eigenvalue weighted by Gasteiger charge is 2.50. The van der Waals surface area contributed by atoms with Crippen LogP contribution in [0, 0.1) is 34.0 Å². The van der Waals surface area contributed by atoms with Crippen LogP contribution in [0.2, 0.25) is 0 Å². The molecule has 88 valence electrons. The Morgan fingerprint density at radius 2 is 2.00 bits per heavy atom. The van der Waals surface area contributed by atoms with Crippen LogP contribution in [0.25, 0.3) is 0 Å². The molecule has 1 unspecified atom stereocenters. The van der Waals surface area contributed by atoms with Gasteiger partial charge in [-0.15, -0.1) is 0 Å². The quantitative estimate of drug-likeness (QED) is 0.791. The maximum atomic E-state index is 11.9. The van der Waals surface area contributed by atoms with Crippen molar-refractivity contribution >= 4 is 5.91 Å². The summed E-state index contributed by atoms with van der Waals surface area (Å²) in [5.74, 6) is 1.07. The summed E-state index contributed by atoms with van der Waals surface area (Å²) in [7, 11) is 0. The number of hydrogen-bond acceptors (Lipinski definition) is 2. The van der Waals surface area contributed by atoms with E-state index >= 15 is 0 Å². The molecule has 1 atom stereocenters. The molecule has 3 heteroatoms. The number of amides is 1. The highest BCUT2D eigenvalue weighted by Crippen LogP contribution is 2.51. The van der Waals surface area contributed by atoms with E-state index < -0.39 is 5.41 Å². The van der Waals surface area contributed by atoms with Crippen LogP contribution in [-0.2, 0) is 4.79 Å². The van der Waals surface area contributed by atoms with Crippen LogP contribution >= 0.6 is 0 Å². The highest BCUT2D eigenvalue weighted by molar-refractivity contribution is 5.86. The molecule has 16 heavy (non-hydrogen) atoms. The minimum atomic E-state index is -0.710. The summed E-state index contributed by atoms with van der Waals surface area (Å²) >= 11 is 0. The number of hydrogen-bond donors (Lipinski definition) is 1. The fourth-order valence-corrected chi connectivity index (χ4v) is 2.77. The second kappa shape index (κ2) is 3.48. The summed E-state index contributed by atoms with van der Waals surface area (Å²) in [5.41, 5.74) is -0.321. The minimum Gasteiger partial charge on any atom is -0.354 e. The number of nitriles is 1. The lowest BCUT2D eigenvalue weighted by atomic mass is 9.63. The van der Waals surface area contributed by atoms with Gasteiger partial charge in [0.05, 0.1) is 6.07 Å². The number of nitrogens with one attached hydrogen (secondary N) is 1. The van der Waals surface area contributed by atoms with Crippen molar-refractivity contribution in [3.63, 3.8) is 0 Å². The van der Waals surface area contributed by atoms with Crippen LogP contribution in [-0.4, -0.2) is 12.5 Å². The molecule has 0 aromatic carbocycles. The molecule has 0 aliphatic heterocycles. The van der Waals surface area contributed by atoms with Gasteiger partial charge in [-0.1, -0.05) is 20.8 Å². The van der Waals surface area contributed by atoms with Crippen LogP contribution in [0.1, 0.15) is 40.0 Å². The molecule has 0 saturated heterocycles. The maximum absolute atomic E-state index is 11.9. The second-order valence-electron chi connectivity index (χ2n) is 6.31. The van der Waals surface area contributed by atoms with E-state index in [1.54, 1.807) is 0 Å². The Morgan fingerprint density at radius 3 is 2.38 bits per heavy atom. The van der Waals surface area contributed by atoms with Gasteiger partial charge in [-0.05, 0) is 36.5 Å². The summed E-state index contributed by atoms with van der Waals surface area (Å²) in [6.45, 7) is 7.27. The van der Waals surface area contributed by atoms with E-state index in [1.807, 2.05) is 0 Å². The van der Waals surface area contributed by atoms with Crippen LogP contribution in [0.3, 0.4) is 0 Å². The first kappa shape index (κ1) is 11.4. The molecular weight excluding hydrogens is 200 g/mol. The van der Waals surface area contributed by atoms with E-state index in [2.05, 4.69) is 32.2 Å². The van der Waals surface area contributed by atoms with E-state index in [-0.39, 0.29) is 5.91 Å². The molecule has 0 heterocycles. The molecule has 2 rings (SSSR count). The molecule has 2 aliphatic carbocycles. The van der Waals surface area contributed by atoms with Gasteiger partial charge in [0.15, 0.2) is 0 Å². The SMILES string of the molecule is CC1CC(C#N)(C(=O)NCC2CC2(C)C)C1. The number of rotatable bonds is 3. The third-order valence-corrected chi connectivity index (χ3v) is 4.27. The van der Waals surface area contributed by atoms with Gasteiger partial charge in [0.25, 0.3) is 0 Å². The van der Waals surface area contributed by atoms with Gasteiger partial charge < -0.3 is 5.32 Å².